The molecule has 0 radical (unpaired) electrons. The lowest BCUT2D eigenvalue weighted by molar-refractivity contribution is -0.167. The highest BCUT2D eigenvalue weighted by Gasteiger charge is 2.43. The fourth-order valence-electron chi connectivity index (χ4n) is 6.73. The molecule has 47 heteroatoms. The number of alkyl halides is 15. The summed E-state index contributed by atoms with van der Waals surface area (Å²) in [6, 6.07) is 13.1. The topological polar surface area (TPSA) is 321 Å². The van der Waals surface area contributed by atoms with Gasteiger partial charge in [-0.3, -0.25) is 48.5 Å². The molecule has 0 atom stereocenters. The van der Waals surface area contributed by atoms with Crippen LogP contribution in [0.2, 0.25) is 0 Å². The van der Waals surface area contributed by atoms with Crippen LogP contribution < -0.4 is 79.3 Å². The minimum atomic E-state index is -4.99. The number of carbonyl (C=O) groups is 9. The van der Waals surface area contributed by atoms with Gasteiger partial charge in [0, 0.05) is 103 Å². The highest BCUT2D eigenvalue weighted by Crippen LogP contribution is 2.46. The maximum atomic E-state index is 12.3. The number of anilines is 5. The average molecular weight is 1920 g/mol. The summed E-state index contributed by atoms with van der Waals surface area (Å²) in [6.45, 7) is 0. The Hall–Kier alpha value is -8.44. The molecule has 0 unspecified atom stereocenters. The van der Waals surface area contributed by atoms with E-state index in [-0.39, 0.29) is 123 Å². The molecule has 0 aromatic heterocycles. The third-order valence-corrected chi connectivity index (χ3v) is 16.4. The van der Waals surface area contributed by atoms with E-state index in [9.17, 15) is 109 Å². The number of hydrogen-bond acceptors (Lipinski definition) is 19. The summed E-state index contributed by atoms with van der Waals surface area (Å²) >= 11 is 18.3. The number of imide groups is 2. The maximum absolute atomic E-state index is 12.3. The molecule has 6 N–H and O–H groups in total. The number of ether oxygens (including phenoxy) is 10. The van der Waals surface area contributed by atoms with Crippen LogP contribution in [0, 0.1) is 0 Å². The van der Waals surface area contributed by atoms with E-state index in [0.717, 1.165) is 3.93 Å². The van der Waals surface area contributed by atoms with E-state index < -0.39 is 60.4 Å². The van der Waals surface area contributed by atoms with Crippen LogP contribution in [0.4, 0.5) is 94.3 Å². The quantitative estimate of drug-likeness (QED) is 0.0322. The molecule has 2 saturated heterocycles. The average Bonchev–Trinajstić information content (AvgIpc) is 1.51. The van der Waals surface area contributed by atoms with Crippen LogP contribution in [0.25, 0.3) is 0 Å². The predicted molar refractivity (Wildman–Crippen MR) is 362 cm³/mol. The van der Waals surface area contributed by atoms with E-state index in [1.807, 2.05) is 0 Å². The molecular formula is C58H54Br6F15N7O19. The number of methoxy groups -OCH3 is 10. The summed E-state index contributed by atoms with van der Waals surface area (Å²) in [5, 5.41) is 10.8. The Morgan fingerprint density at radius 3 is 0.838 bits per heavy atom. The van der Waals surface area contributed by atoms with Gasteiger partial charge in [0.25, 0.3) is 0 Å². The van der Waals surface area contributed by atoms with Gasteiger partial charge in [-0.15, -0.1) is 0 Å². The number of nitrogens with zero attached hydrogens (tertiary/aromatic N) is 1. The standard InChI is InChI=1S/C10H8Br2F3NO3.3C10H9BrF3NO3.C10H10F3NO3.C4H4BrNO2.C4H5NO2/c1-18-4-3-5(19-2)7(12)8(6(4)11)16-9(17)10(13,14)15;1-17-5-3-6(8(11)7(4-5)18-2)15-9(16)10(12,13)14;2*1-17-6-3-5(4-7(18-2)8(6)11)15-9(16)10(12,13)14;1-16-7-3-6(4-8(5-7)17-2)14-9(15)10(11,12)13;5-6-3(7)1-2-4(6)8;6-3-1-2-4(7)5-3/h3H,1-2H3,(H,16,17);3*3-4H,1-2H3,(H,15,16);3-5H,1-2H3,(H,14,15);1-2H2;1-2H2,(H,5,6,7). The zero-order valence-electron chi connectivity index (χ0n) is 54.7. The van der Waals surface area contributed by atoms with E-state index in [2.05, 4.69) is 101 Å². The molecule has 0 saturated carbocycles. The molecule has 5 aromatic rings. The molecule has 2 heterocycles. The highest BCUT2D eigenvalue weighted by atomic mass is 79.9. The number of rotatable bonds is 15. The van der Waals surface area contributed by atoms with Gasteiger partial charge in [-0.1, -0.05) is 0 Å². The van der Waals surface area contributed by atoms with E-state index >= 15 is 0 Å². The normalized spacial score (nSPS) is 12.3. The molecule has 2 aliphatic rings. The first kappa shape index (κ1) is 94.6. The summed E-state index contributed by atoms with van der Waals surface area (Å²) in [4.78, 5) is 95.2. The van der Waals surface area contributed by atoms with Crippen LogP contribution in [-0.4, -0.2) is 159 Å². The molecule has 0 aliphatic carbocycles. The molecular weight excluding hydrogens is 1860 g/mol. The first-order chi connectivity index (χ1) is 48.5. The van der Waals surface area contributed by atoms with Crippen molar-refractivity contribution >= 4 is 177 Å². The van der Waals surface area contributed by atoms with Gasteiger partial charge < -0.3 is 74.0 Å². The van der Waals surface area contributed by atoms with Crippen LogP contribution in [-0.2, 0) is 43.2 Å². The summed E-state index contributed by atoms with van der Waals surface area (Å²) in [5.74, 6) is -8.45. The number of carbonyl (C=O) groups excluding carboxylic acids is 9. The van der Waals surface area contributed by atoms with Gasteiger partial charge in [0.05, 0.1) is 112 Å². The van der Waals surface area contributed by atoms with Gasteiger partial charge in [-0.05, 0) is 79.6 Å². The Balaban J connectivity index is 0.000000624. The Morgan fingerprint density at radius 1 is 0.333 bits per heavy atom. The lowest BCUT2D eigenvalue weighted by Crippen LogP contribution is -2.30. The second-order valence-corrected chi connectivity index (χ2v) is 23.4. The molecule has 2 fully saturated rings. The molecule has 0 spiro atoms. The summed E-state index contributed by atoms with van der Waals surface area (Å²) in [7, 11) is 13.4. The van der Waals surface area contributed by atoms with Crippen LogP contribution >= 0.6 is 95.8 Å². The number of benzene rings is 5. The van der Waals surface area contributed by atoms with Crippen molar-refractivity contribution in [1.82, 2.24) is 9.24 Å². The minimum Gasteiger partial charge on any atom is -0.497 e. The Kier molecular flexibility index (Phi) is 38.4. The van der Waals surface area contributed by atoms with Crippen molar-refractivity contribution in [1.29, 1.82) is 0 Å². The van der Waals surface area contributed by atoms with Crippen LogP contribution in [0.15, 0.2) is 83.0 Å². The molecule has 582 valence electrons. The zero-order valence-corrected chi connectivity index (χ0v) is 64.3. The van der Waals surface area contributed by atoms with Crippen molar-refractivity contribution in [3.63, 3.8) is 0 Å². The maximum Gasteiger partial charge on any atom is 0.471 e. The van der Waals surface area contributed by atoms with E-state index in [1.165, 1.54) is 132 Å². The molecule has 26 nitrogen and oxygen atoms in total. The number of halogens is 21. The third kappa shape index (κ3) is 31.3. The molecule has 2 aliphatic heterocycles. The van der Waals surface area contributed by atoms with Crippen molar-refractivity contribution < 1.29 is 156 Å². The Morgan fingerprint density at radius 2 is 0.590 bits per heavy atom. The van der Waals surface area contributed by atoms with Crippen molar-refractivity contribution in [2.75, 3.05) is 97.7 Å². The van der Waals surface area contributed by atoms with Gasteiger partial charge in [-0.25, -0.2) is 3.93 Å². The van der Waals surface area contributed by atoms with Gasteiger partial charge in [-0.2, -0.15) is 65.9 Å². The molecule has 105 heavy (non-hydrogen) atoms. The SMILES string of the molecule is COc1cc(NC(=O)C(F)(F)F)c(Br)c(OC)c1.COc1cc(NC(=O)C(F)(F)F)cc(OC)c1.COc1cc(NC(=O)C(F)(F)F)cc(OC)c1Br.COc1cc(NC(=O)C(F)(F)F)cc(OC)c1Br.COc1cc(OC)c(Br)c(NC(=O)C(F)(F)F)c1Br.O=C1CCC(=O)N1.O=C1CCC(=O)N1Br. The number of amides is 9. The fraction of sp³-hybridized carbons (Fsp3) is 0.328. The second kappa shape index (κ2) is 42.6. The molecule has 7 rings (SSSR count). The monoisotopic (exact) mass is 1910 g/mol. The largest absolute Gasteiger partial charge is 0.497 e. The lowest BCUT2D eigenvalue weighted by atomic mass is 10.2. The van der Waals surface area contributed by atoms with Crippen LogP contribution in [0.3, 0.4) is 0 Å². The third-order valence-electron chi connectivity index (χ3n) is 11.7. The first-order valence-electron chi connectivity index (χ1n) is 27.3. The van der Waals surface area contributed by atoms with Gasteiger partial charge in [0.2, 0.25) is 23.6 Å². The Bertz CT molecular complexity index is 3690. The summed E-state index contributed by atoms with van der Waals surface area (Å²) < 4.78 is 233. The zero-order chi connectivity index (χ0) is 81.0. The first-order valence-corrected chi connectivity index (χ1v) is 32.0. The Labute approximate surface area is 633 Å². The second-order valence-electron chi connectivity index (χ2n) is 18.8. The summed E-state index contributed by atoms with van der Waals surface area (Å²) in [6.07, 6.45) is -23.3. The van der Waals surface area contributed by atoms with E-state index in [1.54, 1.807) is 26.6 Å². The van der Waals surface area contributed by atoms with Gasteiger partial charge in [0.15, 0.2) is 0 Å². The van der Waals surface area contributed by atoms with Crippen molar-refractivity contribution in [2.45, 2.75) is 56.6 Å². The van der Waals surface area contributed by atoms with Gasteiger partial charge in [0.1, 0.15) is 66.4 Å². The van der Waals surface area contributed by atoms with Crippen LogP contribution in [0.5, 0.6) is 57.5 Å². The van der Waals surface area contributed by atoms with Gasteiger partial charge >= 0.3 is 60.4 Å². The van der Waals surface area contributed by atoms with Crippen molar-refractivity contribution in [2.24, 2.45) is 0 Å². The predicted octanol–water partition coefficient (Wildman–Crippen LogP) is 14.7. The smallest absolute Gasteiger partial charge is 0.471 e. The fourth-order valence-corrected chi connectivity index (χ4v) is 10.1. The van der Waals surface area contributed by atoms with E-state index in [4.69, 9.17) is 47.4 Å². The lowest BCUT2D eigenvalue weighted by Gasteiger charge is -2.16. The van der Waals surface area contributed by atoms with Crippen molar-refractivity contribution in [3.05, 3.63) is 83.0 Å². The summed E-state index contributed by atoms with van der Waals surface area (Å²) in [5.41, 5.74) is -0.418. The van der Waals surface area contributed by atoms with E-state index in [0.29, 0.717) is 34.6 Å². The molecule has 0 bridgehead atoms. The van der Waals surface area contributed by atoms with Crippen LogP contribution in [0.1, 0.15) is 25.7 Å². The highest BCUT2D eigenvalue weighted by molar-refractivity contribution is 9.11. The molecule has 5 aromatic carbocycles. The minimum absolute atomic E-state index is 0.0523. The number of nitrogens with one attached hydrogen (secondary N) is 6. The number of hydrogen-bond donors (Lipinski definition) is 6. The molecule has 9 amide bonds. The van der Waals surface area contributed by atoms with Crippen molar-refractivity contribution in [3.8, 4) is 57.5 Å².